The first-order chi connectivity index (χ1) is 9.54. The highest BCUT2D eigenvalue weighted by Crippen LogP contribution is 2.33. The molecule has 0 atom stereocenters. The molecule has 0 aliphatic rings. The van der Waals surface area contributed by atoms with Crippen molar-refractivity contribution in [3.63, 3.8) is 0 Å². The van der Waals surface area contributed by atoms with E-state index in [-0.39, 0.29) is 17.3 Å². The second-order valence-corrected chi connectivity index (χ2v) is 3.91. The van der Waals surface area contributed by atoms with Gasteiger partial charge in [-0.1, -0.05) is 6.07 Å². The van der Waals surface area contributed by atoms with Crippen molar-refractivity contribution in [3.8, 4) is 6.07 Å². The zero-order chi connectivity index (χ0) is 14.7. The van der Waals surface area contributed by atoms with Crippen LogP contribution in [0.5, 0.6) is 0 Å². The summed E-state index contributed by atoms with van der Waals surface area (Å²) < 4.78 is 0. The van der Waals surface area contributed by atoms with E-state index in [0.29, 0.717) is 11.3 Å². The Kier molecular flexibility index (Phi) is 3.43. The summed E-state index contributed by atoms with van der Waals surface area (Å²) in [4.78, 5) is 19.4. The molecule has 0 saturated carbocycles. The van der Waals surface area contributed by atoms with E-state index in [9.17, 15) is 10.1 Å². The first kappa shape index (κ1) is 13.2. The fourth-order valence-electron chi connectivity index (χ4n) is 1.71. The maximum absolute atomic E-state index is 11.1. The zero-order valence-corrected chi connectivity index (χ0v) is 10.5. The van der Waals surface area contributed by atoms with Crippen molar-refractivity contribution in [2.45, 2.75) is 0 Å². The Labute approximate surface area is 114 Å². The number of hydrogen-bond donors (Lipinski definition) is 1. The Balaban J connectivity index is 2.54. The minimum atomic E-state index is -0.630. The quantitative estimate of drug-likeness (QED) is 0.663. The third kappa shape index (κ3) is 2.32. The Morgan fingerprint density at radius 2 is 2.20 bits per heavy atom. The Hall–Kier alpha value is -3.21. The molecule has 8 heteroatoms. The van der Waals surface area contributed by atoms with Gasteiger partial charge in [-0.05, 0) is 18.2 Å². The van der Waals surface area contributed by atoms with Crippen LogP contribution in [0.3, 0.4) is 0 Å². The Morgan fingerprint density at radius 3 is 2.85 bits per heavy atom. The van der Waals surface area contributed by atoms with Crippen molar-refractivity contribution < 1.29 is 4.92 Å². The molecule has 2 N–H and O–H groups in total. The predicted molar refractivity (Wildman–Crippen MR) is 72.3 cm³/mol. The normalized spacial score (nSPS) is 9.80. The van der Waals surface area contributed by atoms with Gasteiger partial charge in [-0.2, -0.15) is 5.26 Å². The van der Waals surface area contributed by atoms with Crippen LogP contribution in [0.25, 0.3) is 0 Å². The fraction of sp³-hybridized carbons (Fsp3) is 0.0833. The molecule has 100 valence electrons. The highest BCUT2D eigenvalue weighted by molar-refractivity contribution is 5.74. The number of benzene rings is 1. The maximum atomic E-state index is 11.1. The van der Waals surface area contributed by atoms with E-state index in [1.54, 1.807) is 31.3 Å². The lowest BCUT2D eigenvalue weighted by molar-refractivity contribution is -0.383. The number of nitriles is 1. The monoisotopic (exact) mass is 270 g/mol. The van der Waals surface area contributed by atoms with E-state index in [4.69, 9.17) is 11.0 Å². The van der Waals surface area contributed by atoms with Gasteiger partial charge in [-0.15, -0.1) is 0 Å². The van der Waals surface area contributed by atoms with E-state index in [0.717, 1.165) is 6.33 Å². The predicted octanol–water partition coefficient (Wildman–Crippen LogP) is 1.61. The third-order valence-corrected chi connectivity index (χ3v) is 2.69. The molecule has 0 spiro atoms. The van der Waals surface area contributed by atoms with E-state index in [2.05, 4.69) is 9.97 Å². The van der Waals surface area contributed by atoms with E-state index in [1.807, 2.05) is 6.07 Å². The van der Waals surface area contributed by atoms with Crippen molar-refractivity contribution >= 4 is 23.0 Å². The van der Waals surface area contributed by atoms with Gasteiger partial charge in [-0.25, -0.2) is 9.97 Å². The molecule has 0 fully saturated rings. The topological polar surface area (TPSA) is 122 Å². The lowest BCUT2D eigenvalue weighted by Crippen LogP contribution is -2.15. The molecule has 0 amide bonds. The van der Waals surface area contributed by atoms with Crippen LogP contribution in [-0.4, -0.2) is 21.9 Å². The number of anilines is 3. The van der Waals surface area contributed by atoms with Crippen molar-refractivity contribution in [1.82, 2.24) is 9.97 Å². The molecule has 1 aromatic carbocycles. The summed E-state index contributed by atoms with van der Waals surface area (Å²) in [6.45, 7) is 0. The molecule has 0 saturated heterocycles. The molecule has 0 aliphatic carbocycles. The summed E-state index contributed by atoms with van der Waals surface area (Å²) in [6, 6.07) is 8.64. The van der Waals surface area contributed by atoms with Crippen LogP contribution in [0.15, 0.2) is 30.6 Å². The van der Waals surface area contributed by atoms with Gasteiger partial charge in [-0.3, -0.25) is 10.1 Å². The number of nitrogen functional groups attached to an aromatic ring is 1. The van der Waals surface area contributed by atoms with Crippen molar-refractivity contribution in [3.05, 3.63) is 46.3 Å². The fourth-order valence-corrected chi connectivity index (χ4v) is 1.71. The Bertz CT molecular complexity index is 709. The van der Waals surface area contributed by atoms with E-state index >= 15 is 0 Å². The molecule has 0 aliphatic heterocycles. The van der Waals surface area contributed by atoms with Crippen molar-refractivity contribution in [2.75, 3.05) is 17.7 Å². The molecular weight excluding hydrogens is 260 g/mol. The van der Waals surface area contributed by atoms with Crippen LogP contribution >= 0.6 is 0 Å². The van der Waals surface area contributed by atoms with Crippen molar-refractivity contribution in [1.29, 1.82) is 5.26 Å². The number of nitro groups is 1. The summed E-state index contributed by atoms with van der Waals surface area (Å²) in [5.41, 5.74) is 6.19. The molecule has 0 unspecified atom stereocenters. The number of nitrogens with two attached hydrogens (primary N) is 1. The molecule has 0 radical (unpaired) electrons. The highest BCUT2D eigenvalue weighted by atomic mass is 16.6. The second kappa shape index (κ2) is 5.19. The second-order valence-electron chi connectivity index (χ2n) is 3.91. The van der Waals surface area contributed by atoms with Gasteiger partial charge in [0.2, 0.25) is 11.6 Å². The minimum Gasteiger partial charge on any atom is -0.378 e. The molecule has 2 rings (SSSR count). The lowest BCUT2D eigenvalue weighted by Gasteiger charge is -2.18. The van der Waals surface area contributed by atoms with Gasteiger partial charge in [0.25, 0.3) is 0 Å². The van der Waals surface area contributed by atoms with Gasteiger partial charge in [0.1, 0.15) is 6.33 Å². The van der Waals surface area contributed by atoms with E-state index < -0.39 is 4.92 Å². The molecule has 8 nitrogen and oxygen atoms in total. The molecule has 1 aromatic heterocycles. The van der Waals surface area contributed by atoms with Crippen LogP contribution in [0.4, 0.5) is 23.0 Å². The highest BCUT2D eigenvalue weighted by Gasteiger charge is 2.24. The molecule has 20 heavy (non-hydrogen) atoms. The summed E-state index contributed by atoms with van der Waals surface area (Å²) in [7, 11) is 1.60. The summed E-state index contributed by atoms with van der Waals surface area (Å²) >= 11 is 0. The van der Waals surface area contributed by atoms with Gasteiger partial charge >= 0.3 is 5.69 Å². The summed E-state index contributed by atoms with van der Waals surface area (Å²) in [6.07, 6.45) is 1.16. The van der Waals surface area contributed by atoms with Crippen LogP contribution in [0.1, 0.15) is 5.56 Å². The summed E-state index contributed by atoms with van der Waals surface area (Å²) in [5, 5.41) is 19.9. The van der Waals surface area contributed by atoms with E-state index in [1.165, 1.54) is 4.90 Å². The number of rotatable bonds is 3. The largest absolute Gasteiger partial charge is 0.378 e. The zero-order valence-electron chi connectivity index (χ0n) is 10.5. The minimum absolute atomic E-state index is 0.0672. The third-order valence-electron chi connectivity index (χ3n) is 2.69. The number of hydrogen-bond acceptors (Lipinski definition) is 7. The maximum Gasteiger partial charge on any atom is 0.353 e. The van der Waals surface area contributed by atoms with Gasteiger partial charge in [0.05, 0.1) is 16.6 Å². The molecule has 2 aromatic rings. The first-order valence-corrected chi connectivity index (χ1v) is 5.53. The number of aromatic nitrogens is 2. The van der Waals surface area contributed by atoms with Gasteiger partial charge in [0, 0.05) is 12.7 Å². The molecule has 0 bridgehead atoms. The molecular formula is C12H10N6O2. The summed E-state index contributed by atoms with van der Waals surface area (Å²) in [5.74, 6) is -0.138. The van der Waals surface area contributed by atoms with Crippen LogP contribution < -0.4 is 10.6 Å². The lowest BCUT2D eigenvalue weighted by atomic mass is 10.2. The van der Waals surface area contributed by atoms with Gasteiger partial charge < -0.3 is 10.6 Å². The first-order valence-electron chi connectivity index (χ1n) is 5.53. The Morgan fingerprint density at radius 1 is 1.45 bits per heavy atom. The average Bonchev–Trinajstić information content (AvgIpc) is 2.45. The van der Waals surface area contributed by atoms with Crippen LogP contribution in [0, 0.1) is 21.4 Å². The van der Waals surface area contributed by atoms with Crippen LogP contribution in [0.2, 0.25) is 0 Å². The van der Waals surface area contributed by atoms with Gasteiger partial charge in [0.15, 0.2) is 0 Å². The average molecular weight is 270 g/mol. The van der Waals surface area contributed by atoms with Crippen molar-refractivity contribution in [2.24, 2.45) is 0 Å². The number of nitrogens with zero attached hydrogens (tertiary/aromatic N) is 5. The smallest absolute Gasteiger partial charge is 0.353 e. The SMILES string of the molecule is CN(c1cccc(C#N)c1)c1ncnc(N)c1[N+](=O)[O-]. The van der Waals surface area contributed by atoms with Crippen LogP contribution in [-0.2, 0) is 0 Å². The molecule has 1 heterocycles. The standard InChI is InChI=1S/C12H10N6O2/c1-17(9-4-2-3-8(5-9)6-13)12-10(18(19)20)11(14)15-7-16-12/h2-5,7H,1H3,(H2,14,15,16).